The maximum absolute atomic E-state index is 11.8. The van der Waals surface area contributed by atoms with Gasteiger partial charge >= 0.3 is 0 Å². The molecule has 0 unspecified atom stereocenters. The van der Waals surface area contributed by atoms with Crippen LogP contribution < -0.4 is 9.98 Å². The molecule has 0 heterocycles. The molecule has 2 saturated carbocycles. The molecular formula is C18H30N2O2+2. The van der Waals surface area contributed by atoms with Crippen LogP contribution in [0, 0.1) is 10.8 Å². The molecular weight excluding hydrogens is 276 g/mol. The van der Waals surface area contributed by atoms with Gasteiger partial charge in [0.05, 0.1) is 12.8 Å². The molecule has 2 fully saturated rings. The molecule has 4 nitrogen and oxygen atoms in total. The van der Waals surface area contributed by atoms with Gasteiger partial charge in [-0.25, -0.2) is 9.98 Å². The largest absolute Gasteiger partial charge is 0.299 e. The second kappa shape index (κ2) is 6.43. The van der Waals surface area contributed by atoms with Gasteiger partial charge in [0.1, 0.15) is 11.6 Å². The van der Waals surface area contributed by atoms with Crippen LogP contribution in [-0.2, 0) is 9.59 Å². The Morgan fingerprint density at radius 1 is 0.727 bits per heavy atom. The highest BCUT2D eigenvalue weighted by Crippen LogP contribution is 2.31. The molecule has 0 aliphatic heterocycles. The highest BCUT2D eigenvalue weighted by molar-refractivity contribution is 6.02. The highest BCUT2D eigenvalue weighted by atomic mass is 16.1. The van der Waals surface area contributed by atoms with E-state index in [9.17, 15) is 9.59 Å². The number of carbonyl (C=O) groups is 2. The van der Waals surface area contributed by atoms with Crippen molar-refractivity contribution >= 4 is 23.0 Å². The average molecular weight is 306 g/mol. The van der Waals surface area contributed by atoms with Crippen molar-refractivity contribution in [3.8, 4) is 0 Å². The molecule has 0 saturated heterocycles. The summed E-state index contributed by atoms with van der Waals surface area (Å²) in [5.74, 6) is 0.668. The third kappa shape index (κ3) is 5.15. The second-order valence-corrected chi connectivity index (χ2v) is 8.53. The molecule has 2 rings (SSSR count). The van der Waals surface area contributed by atoms with Gasteiger partial charge in [-0.15, -0.1) is 0 Å². The molecule has 0 atom stereocenters. The lowest BCUT2D eigenvalue weighted by molar-refractivity contribution is -0.540. The summed E-state index contributed by atoms with van der Waals surface area (Å²) in [5.41, 5.74) is 2.49. The van der Waals surface area contributed by atoms with Crippen LogP contribution in [-0.4, -0.2) is 36.1 Å². The fourth-order valence-electron chi connectivity index (χ4n) is 3.80. The van der Waals surface area contributed by atoms with E-state index in [1.54, 1.807) is 0 Å². The molecule has 4 heteroatoms. The minimum atomic E-state index is 0.0830. The lowest BCUT2D eigenvalue weighted by Crippen LogP contribution is -2.85. The molecule has 0 spiro atoms. The maximum atomic E-state index is 11.8. The number of rotatable bonds is 3. The zero-order chi connectivity index (χ0) is 16.4. The van der Waals surface area contributed by atoms with E-state index in [1.807, 2.05) is 0 Å². The molecule has 2 aliphatic carbocycles. The lowest BCUT2D eigenvalue weighted by Gasteiger charge is -2.27. The van der Waals surface area contributed by atoms with Gasteiger partial charge in [-0.1, -0.05) is 27.7 Å². The zero-order valence-electron chi connectivity index (χ0n) is 14.5. The Kier molecular flexibility index (Phi) is 4.98. The van der Waals surface area contributed by atoms with Crippen LogP contribution in [0.15, 0.2) is 0 Å². The van der Waals surface area contributed by atoms with E-state index in [2.05, 4.69) is 37.7 Å². The summed E-state index contributed by atoms with van der Waals surface area (Å²) < 4.78 is 0. The van der Waals surface area contributed by atoms with E-state index in [4.69, 9.17) is 0 Å². The van der Waals surface area contributed by atoms with Crippen LogP contribution in [0.25, 0.3) is 0 Å². The van der Waals surface area contributed by atoms with Crippen molar-refractivity contribution in [1.82, 2.24) is 0 Å². The van der Waals surface area contributed by atoms with Crippen molar-refractivity contribution in [2.24, 2.45) is 10.8 Å². The van der Waals surface area contributed by atoms with Crippen molar-refractivity contribution in [3.63, 3.8) is 0 Å². The minimum absolute atomic E-state index is 0.0830. The number of hydrogen-bond acceptors (Lipinski definition) is 2. The summed E-state index contributed by atoms with van der Waals surface area (Å²) in [6.07, 6.45) is 4.47. The van der Waals surface area contributed by atoms with Crippen molar-refractivity contribution < 1.29 is 19.6 Å². The fourth-order valence-corrected chi connectivity index (χ4v) is 3.80. The number of carbonyl (C=O) groups excluding carboxylic acids is 2. The maximum Gasteiger partial charge on any atom is 0.198 e. The molecule has 0 bridgehead atoms. The number of nitrogens with one attached hydrogen (secondary N) is 2. The predicted octanol–water partition coefficient (Wildman–Crippen LogP) is -0.412. The first-order valence-corrected chi connectivity index (χ1v) is 8.36. The Balaban J connectivity index is 1.88. The Morgan fingerprint density at radius 3 is 1.41 bits per heavy atom. The highest BCUT2D eigenvalue weighted by Gasteiger charge is 2.34. The second-order valence-electron chi connectivity index (χ2n) is 8.53. The Labute approximate surface area is 133 Å². The first kappa shape index (κ1) is 17.0. The molecule has 0 aromatic carbocycles. The summed E-state index contributed by atoms with van der Waals surface area (Å²) in [7, 11) is 0. The van der Waals surface area contributed by atoms with E-state index in [-0.39, 0.29) is 10.8 Å². The molecule has 122 valence electrons. The molecule has 22 heavy (non-hydrogen) atoms. The summed E-state index contributed by atoms with van der Waals surface area (Å²) in [5, 5.41) is 0. The first-order valence-electron chi connectivity index (χ1n) is 8.36. The molecule has 2 aliphatic rings. The lowest BCUT2D eigenvalue weighted by atomic mass is 9.76. The zero-order valence-corrected chi connectivity index (χ0v) is 14.5. The summed E-state index contributed by atoms with van der Waals surface area (Å²) >= 11 is 0. The van der Waals surface area contributed by atoms with Crippen molar-refractivity contribution in [2.75, 3.05) is 13.1 Å². The SMILES string of the molecule is CC1(C)CC(=O)CC(=[NH+]CC[NH+]=C2CC(=O)CC(C)(C)C2)C1. The van der Waals surface area contributed by atoms with E-state index in [0.29, 0.717) is 37.2 Å². The minimum Gasteiger partial charge on any atom is -0.299 e. The smallest absolute Gasteiger partial charge is 0.198 e. The van der Waals surface area contributed by atoms with E-state index in [0.717, 1.165) is 37.4 Å². The Hall–Kier alpha value is -1.32. The van der Waals surface area contributed by atoms with Crippen LogP contribution in [0.4, 0.5) is 0 Å². The van der Waals surface area contributed by atoms with Gasteiger partial charge in [-0.05, 0) is 10.8 Å². The van der Waals surface area contributed by atoms with Gasteiger partial charge in [0.2, 0.25) is 0 Å². The van der Waals surface area contributed by atoms with Gasteiger partial charge in [0, 0.05) is 25.7 Å². The van der Waals surface area contributed by atoms with Crippen molar-refractivity contribution in [3.05, 3.63) is 0 Å². The van der Waals surface area contributed by atoms with Crippen LogP contribution in [0.1, 0.15) is 66.2 Å². The van der Waals surface area contributed by atoms with Gasteiger partial charge in [-0.3, -0.25) is 9.59 Å². The van der Waals surface area contributed by atoms with Crippen molar-refractivity contribution in [2.45, 2.75) is 66.2 Å². The van der Waals surface area contributed by atoms with E-state index in [1.165, 1.54) is 0 Å². The third-order valence-corrected chi connectivity index (χ3v) is 4.43. The first-order chi connectivity index (χ1) is 10.2. The van der Waals surface area contributed by atoms with Crippen LogP contribution in [0.5, 0.6) is 0 Å². The van der Waals surface area contributed by atoms with Crippen LogP contribution in [0.3, 0.4) is 0 Å². The van der Waals surface area contributed by atoms with Crippen LogP contribution >= 0.6 is 0 Å². The Bertz CT molecular complexity index is 479. The van der Waals surface area contributed by atoms with Gasteiger partial charge in [-0.2, -0.15) is 0 Å². The van der Waals surface area contributed by atoms with Gasteiger partial charge < -0.3 is 0 Å². The van der Waals surface area contributed by atoms with Crippen molar-refractivity contribution in [1.29, 1.82) is 0 Å². The summed E-state index contributed by atoms with van der Waals surface area (Å²) in [4.78, 5) is 30.3. The fraction of sp³-hybridized carbons (Fsp3) is 0.778. The molecule has 2 N–H and O–H groups in total. The Morgan fingerprint density at radius 2 is 1.09 bits per heavy atom. The van der Waals surface area contributed by atoms with E-state index >= 15 is 0 Å². The summed E-state index contributed by atoms with van der Waals surface area (Å²) in [6, 6.07) is 0. The standard InChI is InChI=1S/C18H28N2O2/c1-17(2)9-13(7-15(21)11-17)19-5-6-20-14-8-16(22)12-18(3,4)10-14/h5-12H2,1-4H3/p+2. The topological polar surface area (TPSA) is 62.1 Å². The molecule has 0 amide bonds. The number of Topliss-reactive ketones (excluding diaryl/α,β-unsaturated/α-hetero) is 2. The van der Waals surface area contributed by atoms with Gasteiger partial charge in [0.25, 0.3) is 0 Å². The average Bonchev–Trinajstić information content (AvgIpc) is 2.29. The number of hydrogen-bond donors (Lipinski definition) is 2. The predicted molar refractivity (Wildman–Crippen MR) is 87.0 cm³/mol. The monoisotopic (exact) mass is 306 g/mol. The number of ketones is 2. The molecule has 0 aromatic heterocycles. The normalized spacial score (nSPS) is 28.4. The summed E-state index contributed by atoms with van der Waals surface area (Å²) in [6.45, 7) is 10.2. The van der Waals surface area contributed by atoms with E-state index < -0.39 is 0 Å². The van der Waals surface area contributed by atoms with Crippen LogP contribution in [0.2, 0.25) is 0 Å². The molecule has 0 aromatic rings. The molecule has 0 radical (unpaired) electrons. The van der Waals surface area contributed by atoms with Gasteiger partial charge in [0.15, 0.2) is 24.5 Å². The third-order valence-electron chi connectivity index (χ3n) is 4.43. The quantitative estimate of drug-likeness (QED) is 0.696.